The molecule has 2 N–H and O–H groups in total. The molecule has 0 aromatic rings. The lowest BCUT2D eigenvalue weighted by Crippen LogP contribution is -2.46. The van der Waals surface area contributed by atoms with Gasteiger partial charge in [-0.2, -0.15) is 0 Å². The molecule has 0 amide bonds. The highest BCUT2D eigenvalue weighted by Crippen LogP contribution is 2.53. The molecular formula is C20H32O3. The molecule has 3 heteroatoms. The number of fused-ring (bicyclic) bond motifs is 1. The lowest BCUT2D eigenvalue weighted by atomic mass is 9.54. The fraction of sp³-hybridized carbons (Fsp3) is 0.750. The monoisotopic (exact) mass is 320 g/mol. The zero-order chi connectivity index (χ0) is 17.0. The molecule has 1 fully saturated rings. The Balaban J connectivity index is 2.20. The molecule has 0 aliphatic heterocycles. The first kappa shape index (κ1) is 18.4. The fourth-order valence-electron chi connectivity index (χ4n) is 4.70. The van der Waals surface area contributed by atoms with Crippen molar-refractivity contribution in [2.75, 3.05) is 13.2 Å². The Hall–Kier alpha value is -0.930. The molecule has 0 aromatic carbocycles. The summed E-state index contributed by atoms with van der Waals surface area (Å²) in [6.45, 7) is 6.71. The largest absolute Gasteiger partial charge is 0.392 e. The van der Waals surface area contributed by atoms with Gasteiger partial charge in [-0.25, -0.2) is 0 Å². The van der Waals surface area contributed by atoms with Gasteiger partial charge < -0.3 is 10.2 Å². The average Bonchev–Trinajstić information content (AvgIpc) is 2.72. The Bertz CT molecular complexity index is 491. The minimum Gasteiger partial charge on any atom is -0.392 e. The minimum absolute atomic E-state index is 0.0126. The highest BCUT2D eigenvalue weighted by molar-refractivity contribution is 5.83. The first-order valence-corrected chi connectivity index (χ1v) is 9.00. The normalized spacial score (nSPS) is 35.5. The van der Waals surface area contributed by atoms with Crippen LogP contribution in [0.5, 0.6) is 0 Å². The summed E-state index contributed by atoms with van der Waals surface area (Å²) in [5.74, 6) is 1.43. The summed E-state index contributed by atoms with van der Waals surface area (Å²) in [4.78, 5) is 12.6. The van der Waals surface area contributed by atoms with Crippen molar-refractivity contribution < 1.29 is 15.0 Å². The van der Waals surface area contributed by atoms with Gasteiger partial charge in [0.1, 0.15) is 5.78 Å². The number of carbonyl (C=O) groups is 1. The van der Waals surface area contributed by atoms with E-state index in [1.165, 1.54) is 5.57 Å². The molecule has 0 heterocycles. The summed E-state index contributed by atoms with van der Waals surface area (Å²) in [5, 5.41) is 18.5. The standard InChI is InChI=1S/C20H32O3/c1-14-5-4-6-18-17(11-14)19(23)12-15(2)20(18,3)9-7-16(13-22)8-10-21/h5,8,15,17-18,21-22H,4,6-7,9-13H2,1-3H3/b16-8-. The summed E-state index contributed by atoms with van der Waals surface area (Å²) < 4.78 is 0. The predicted octanol–water partition coefficient (Wildman–Crippen LogP) is 3.66. The van der Waals surface area contributed by atoms with Gasteiger partial charge in [-0.15, -0.1) is 0 Å². The van der Waals surface area contributed by atoms with Crippen molar-refractivity contribution in [2.24, 2.45) is 23.2 Å². The number of aliphatic hydroxyl groups excluding tert-OH is 2. The third kappa shape index (κ3) is 3.95. The van der Waals surface area contributed by atoms with Crippen LogP contribution in [0.15, 0.2) is 23.3 Å². The SMILES string of the molecule is CC1=CCCC2C(C1)C(=O)CC(C)C2(C)CC/C(=C/CO)CO. The van der Waals surface area contributed by atoms with Gasteiger partial charge in [-0.05, 0) is 61.9 Å². The van der Waals surface area contributed by atoms with Crippen LogP contribution in [0.3, 0.4) is 0 Å². The molecule has 2 aliphatic carbocycles. The smallest absolute Gasteiger partial charge is 0.136 e. The molecule has 0 saturated heterocycles. The Morgan fingerprint density at radius 3 is 2.78 bits per heavy atom. The molecule has 4 atom stereocenters. The van der Waals surface area contributed by atoms with Gasteiger partial charge in [0.25, 0.3) is 0 Å². The summed E-state index contributed by atoms with van der Waals surface area (Å²) in [6.07, 6.45) is 9.58. The predicted molar refractivity (Wildman–Crippen MR) is 93.0 cm³/mol. The molecular weight excluding hydrogens is 288 g/mol. The van der Waals surface area contributed by atoms with E-state index in [0.717, 1.165) is 37.7 Å². The maximum atomic E-state index is 12.6. The van der Waals surface area contributed by atoms with Gasteiger partial charge in [0.05, 0.1) is 13.2 Å². The molecule has 3 nitrogen and oxygen atoms in total. The van der Waals surface area contributed by atoms with E-state index in [1.807, 2.05) is 0 Å². The van der Waals surface area contributed by atoms with Crippen molar-refractivity contribution >= 4 is 5.78 Å². The van der Waals surface area contributed by atoms with Gasteiger partial charge in [-0.1, -0.05) is 31.6 Å². The average molecular weight is 320 g/mol. The zero-order valence-electron chi connectivity index (χ0n) is 14.8. The lowest BCUT2D eigenvalue weighted by molar-refractivity contribution is -0.136. The number of hydrogen-bond acceptors (Lipinski definition) is 3. The van der Waals surface area contributed by atoms with Gasteiger partial charge in [-0.3, -0.25) is 4.79 Å². The Morgan fingerprint density at radius 1 is 1.39 bits per heavy atom. The van der Waals surface area contributed by atoms with Crippen molar-refractivity contribution in [3.8, 4) is 0 Å². The number of Topliss-reactive ketones (excluding diaryl/α,β-unsaturated/α-hetero) is 1. The number of allylic oxidation sites excluding steroid dienone is 2. The van der Waals surface area contributed by atoms with Crippen molar-refractivity contribution in [3.63, 3.8) is 0 Å². The third-order valence-electron chi connectivity index (χ3n) is 6.46. The first-order valence-electron chi connectivity index (χ1n) is 9.00. The summed E-state index contributed by atoms with van der Waals surface area (Å²) in [6, 6.07) is 0. The quantitative estimate of drug-likeness (QED) is 0.760. The summed E-state index contributed by atoms with van der Waals surface area (Å²) >= 11 is 0. The topological polar surface area (TPSA) is 57.5 Å². The van der Waals surface area contributed by atoms with E-state index < -0.39 is 0 Å². The van der Waals surface area contributed by atoms with E-state index in [0.29, 0.717) is 24.0 Å². The molecule has 23 heavy (non-hydrogen) atoms. The number of aliphatic hydroxyl groups is 2. The molecule has 0 spiro atoms. The maximum absolute atomic E-state index is 12.6. The van der Waals surface area contributed by atoms with Crippen LogP contribution in [0.1, 0.15) is 59.3 Å². The van der Waals surface area contributed by atoms with Gasteiger partial charge in [0.15, 0.2) is 0 Å². The molecule has 0 radical (unpaired) electrons. The Morgan fingerprint density at radius 2 is 2.13 bits per heavy atom. The van der Waals surface area contributed by atoms with Crippen LogP contribution < -0.4 is 0 Å². The Labute approximate surface area is 140 Å². The number of hydrogen-bond donors (Lipinski definition) is 2. The molecule has 4 unspecified atom stereocenters. The van der Waals surface area contributed by atoms with Crippen LogP contribution in [0.4, 0.5) is 0 Å². The molecule has 2 aliphatic rings. The summed E-state index contributed by atoms with van der Waals surface area (Å²) in [7, 11) is 0. The van der Waals surface area contributed by atoms with Gasteiger partial charge in [0, 0.05) is 12.3 Å². The first-order chi connectivity index (χ1) is 10.9. The number of rotatable bonds is 5. The molecule has 130 valence electrons. The number of ketones is 1. The minimum atomic E-state index is -0.0180. The van der Waals surface area contributed by atoms with E-state index in [2.05, 4.69) is 26.8 Å². The van der Waals surface area contributed by atoms with Crippen molar-refractivity contribution in [1.82, 2.24) is 0 Å². The van der Waals surface area contributed by atoms with Crippen LogP contribution in [0.25, 0.3) is 0 Å². The molecule has 0 aromatic heterocycles. The van der Waals surface area contributed by atoms with Crippen LogP contribution in [-0.4, -0.2) is 29.2 Å². The third-order valence-corrected chi connectivity index (χ3v) is 6.46. The number of carbonyl (C=O) groups excluding carboxylic acids is 1. The molecule has 2 rings (SSSR count). The second-order valence-corrected chi connectivity index (χ2v) is 7.83. The van der Waals surface area contributed by atoms with Crippen molar-refractivity contribution in [3.05, 3.63) is 23.3 Å². The maximum Gasteiger partial charge on any atom is 0.136 e. The second kappa shape index (κ2) is 7.76. The van der Waals surface area contributed by atoms with Crippen molar-refractivity contribution in [2.45, 2.75) is 59.3 Å². The molecule has 1 saturated carbocycles. The van der Waals surface area contributed by atoms with Gasteiger partial charge >= 0.3 is 0 Å². The second-order valence-electron chi connectivity index (χ2n) is 7.83. The zero-order valence-corrected chi connectivity index (χ0v) is 14.8. The van der Waals surface area contributed by atoms with Gasteiger partial charge in [0.2, 0.25) is 0 Å². The highest BCUT2D eigenvalue weighted by atomic mass is 16.3. The van der Waals surface area contributed by atoms with Crippen LogP contribution in [0, 0.1) is 23.2 Å². The van der Waals surface area contributed by atoms with Crippen LogP contribution in [-0.2, 0) is 4.79 Å². The fourth-order valence-corrected chi connectivity index (χ4v) is 4.70. The van der Waals surface area contributed by atoms with E-state index in [9.17, 15) is 9.90 Å². The van der Waals surface area contributed by atoms with E-state index in [-0.39, 0.29) is 24.5 Å². The lowest BCUT2D eigenvalue weighted by Gasteiger charge is -2.50. The van der Waals surface area contributed by atoms with E-state index >= 15 is 0 Å². The van der Waals surface area contributed by atoms with E-state index in [1.54, 1.807) is 6.08 Å². The highest BCUT2D eigenvalue weighted by Gasteiger charge is 2.49. The van der Waals surface area contributed by atoms with Crippen LogP contribution >= 0.6 is 0 Å². The van der Waals surface area contributed by atoms with Crippen LogP contribution in [0.2, 0.25) is 0 Å². The van der Waals surface area contributed by atoms with E-state index in [4.69, 9.17) is 5.11 Å². The summed E-state index contributed by atoms with van der Waals surface area (Å²) in [5.41, 5.74) is 2.40. The Kier molecular flexibility index (Phi) is 6.21. The molecule has 0 bridgehead atoms. The van der Waals surface area contributed by atoms with Crippen molar-refractivity contribution in [1.29, 1.82) is 0 Å².